The number of ether oxygens (including phenoxy) is 1. The van der Waals surface area contributed by atoms with Gasteiger partial charge < -0.3 is 9.84 Å². The Balaban J connectivity index is 1.75. The predicted octanol–water partition coefficient (Wildman–Crippen LogP) is 3.95. The Labute approximate surface area is 124 Å². The summed E-state index contributed by atoms with van der Waals surface area (Å²) in [6.45, 7) is 0.656. The van der Waals surface area contributed by atoms with Crippen LogP contribution in [0, 0.1) is 0 Å². The van der Waals surface area contributed by atoms with Gasteiger partial charge in [0.15, 0.2) is 0 Å². The van der Waals surface area contributed by atoms with Crippen LogP contribution in [0.1, 0.15) is 11.1 Å². The summed E-state index contributed by atoms with van der Waals surface area (Å²) < 4.78 is 5.85. The van der Waals surface area contributed by atoms with Crippen LogP contribution in [-0.4, -0.2) is 11.7 Å². The van der Waals surface area contributed by atoms with Crippen LogP contribution in [0.15, 0.2) is 66.7 Å². The SMILES string of the molecule is OCc1cc(OCCc2ccccc2)cc2ccccc12. The summed E-state index contributed by atoms with van der Waals surface area (Å²) in [5, 5.41) is 11.7. The molecule has 106 valence electrons. The topological polar surface area (TPSA) is 29.5 Å². The molecule has 0 aromatic heterocycles. The molecule has 21 heavy (non-hydrogen) atoms. The monoisotopic (exact) mass is 278 g/mol. The van der Waals surface area contributed by atoms with Gasteiger partial charge in [0.05, 0.1) is 13.2 Å². The average molecular weight is 278 g/mol. The van der Waals surface area contributed by atoms with Gasteiger partial charge in [-0.2, -0.15) is 0 Å². The van der Waals surface area contributed by atoms with Gasteiger partial charge in [0.2, 0.25) is 0 Å². The van der Waals surface area contributed by atoms with Crippen molar-refractivity contribution in [2.45, 2.75) is 13.0 Å². The minimum Gasteiger partial charge on any atom is -0.493 e. The molecule has 2 heteroatoms. The van der Waals surface area contributed by atoms with Crippen LogP contribution < -0.4 is 4.74 Å². The first-order valence-corrected chi connectivity index (χ1v) is 7.16. The Hall–Kier alpha value is -2.32. The summed E-state index contributed by atoms with van der Waals surface area (Å²) in [6.07, 6.45) is 0.877. The van der Waals surface area contributed by atoms with E-state index in [9.17, 15) is 5.11 Å². The molecule has 0 atom stereocenters. The van der Waals surface area contributed by atoms with Gasteiger partial charge in [-0.25, -0.2) is 0 Å². The van der Waals surface area contributed by atoms with Crippen molar-refractivity contribution in [3.63, 3.8) is 0 Å². The standard InChI is InChI=1S/C19H18O2/c20-14-17-13-18(12-16-8-4-5-9-19(16)17)21-11-10-15-6-2-1-3-7-15/h1-9,12-13,20H,10-11,14H2. The van der Waals surface area contributed by atoms with E-state index < -0.39 is 0 Å². The molecule has 1 N–H and O–H groups in total. The number of fused-ring (bicyclic) bond motifs is 1. The number of benzene rings is 3. The zero-order chi connectivity index (χ0) is 14.5. The molecule has 0 heterocycles. The molecule has 0 radical (unpaired) electrons. The summed E-state index contributed by atoms with van der Waals surface area (Å²) in [5.41, 5.74) is 2.17. The van der Waals surface area contributed by atoms with Crippen molar-refractivity contribution in [3.05, 3.63) is 77.9 Å². The zero-order valence-corrected chi connectivity index (χ0v) is 11.8. The first kappa shape index (κ1) is 13.7. The summed E-state index contributed by atoms with van der Waals surface area (Å²) in [5.74, 6) is 0.814. The predicted molar refractivity (Wildman–Crippen MR) is 85.5 cm³/mol. The lowest BCUT2D eigenvalue weighted by molar-refractivity contribution is 0.281. The van der Waals surface area contributed by atoms with E-state index in [1.807, 2.05) is 54.6 Å². The molecule has 0 aliphatic rings. The summed E-state index contributed by atoms with van der Waals surface area (Å²) in [6, 6.07) is 22.3. The Morgan fingerprint density at radius 3 is 2.43 bits per heavy atom. The molecule has 3 aromatic carbocycles. The quantitative estimate of drug-likeness (QED) is 0.765. The van der Waals surface area contributed by atoms with E-state index in [4.69, 9.17) is 4.74 Å². The lowest BCUT2D eigenvalue weighted by atomic mass is 10.0. The highest BCUT2D eigenvalue weighted by Crippen LogP contribution is 2.25. The highest BCUT2D eigenvalue weighted by atomic mass is 16.5. The first-order chi connectivity index (χ1) is 10.4. The third kappa shape index (κ3) is 3.23. The van der Waals surface area contributed by atoms with Crippen molar-refractivity contribution >= 4 is 10.8 Å². The van der Waals surface area contributed by atoms with Gasteiger partial charge in [0.1, 0.15) is 5.75 Å². The lowest BCUT2D eigenvalue weighted by Gasteiger charge is -2.10. The maximum atomic E-state index is 9.51. The number of hydrogen-bond acceptors (Lipinski definition) is 2. The molecular weight excluding hydrogens is 260 g/mol. The maximum absolute atomic E-state index is 9.51. The zero-order valence-electron chi connectivity index (χ0n) is 11.8. The molecule has 0 fully saturated rings. The molecule has 0 bridgehead atoms. The number of aliphatic hydroxyl groups excluding tert-OH is 1. The fourth-order valence-electron chi connectivity index (χ4n) is 2.51. The molecule has 0 saturated heterocycles. The van der Waals surface area contributed by atoms with Gasteiger partial charge in [0.25, 0.3) is 0 Å². The second-order valence-electron chi connectivity index (χ2n) is 5.05. The fraction of sp³-hybridized carbons (Fsp3) is 0.158. The smallest absolute Gasteiger partial charge is 0.120 e. The number of rotatable bonds is 5. The van der Waals surface area contributed by atoms with Gasteiger partial charge in [-0.3, -0.25) is 0 Å². The summed E-state index contributed by atoms with van der Waals surface area (Å²) in [7, 11) is 0. The summed E-state index contributed by atoms with van der Waals surface area (Å²) >= 11 is 0. The first-order valence-electron chi connectivity index (χ1n) is 7.16. The van der Waals surface area contributed by atoms with E-state index in [0.29, 0.717) is 6.61 Å². The minimum atomic E-state index is 0.0242. The molecular formula is C19H18O2. The van der Waals surface area contributed by atoms with E-state index in [0.717, 1.165) is 28.5 Å². The van der Waals surface area contributed by atoms with Crippen molar-refractivity contribution in [2.75, 3.05) is 6.61 Å². The highest BCUT2D eigenvalue weighted by molar-refractivity contribution is 5.87. The van der Waals surface area contributed by atoms with E-state index in [1.165, 1.54) is 5.56 Å². The van der Waals surface area contributed by atoms with Crippen molar-refractivity contribution in [2.24, 2.45) is 0 Å². The van der Waals surface area contributed by atoms with Crippen LogP contribution in [-0.2, 0) is 13.0 Å². The highest BCUT2D eigenvalue weighted by Gasteiger charge is 2.04. The van der Waals surface area contributed by atoms with Crippen LogP contribution in [0.3, 0.4) is 0 Å². The van der Waals surface area contributed by atoms with Crippen LogP contribution in [0.4, 0.5) is 0 Å². The third-order valence-electron chi connectivity index (χ3n) is 3.59. The van der Waals surface area contributed by atoms with Gasteiger partial charge in [0, 0.05) is 6.42 Å². The maximum Gasteiger partial charge on any atom is 0.120 e. The molecule has 0 spiro atoms. The van der Waals surface area contributed by atoms with E-state index in [-0.39, 0.29) is 6.61 Å². The number of aliphatic hydroxyl groups is 1. The van der Waals surface area contributed by atoms with Crippen molar-refractivity contribution in [1.82, 2.24) is 0 Å². The Morgan fingerprint density at radius 2 is 1.62 bits per heavy atom. The van der Waals surface area contributed by atoms with Gasteiger partial charge in [-0.1, -0.05) is 54.6 Å². The minimum absolute atomic E-state index is 0.0242. The fourth-order valence-corrected chi connectivity index (χ4v) is 2.51. The van der Waals surface area contributed by atoms with E-state index in [2.05, 4.69) is 12.1 Å². The second kappa shape index (κ2) is 6.42. The van der Waals surface area contributed by atoms with Gasteiger partial charge in [-0.05, 0) is 34.0 Å². The molecule has 0 amide bonds. The normalized spacial score (nSPS) is 10.7. The van der Waals surface area contributed by atoms with Crippen LogP contribution in [0.25, 0.3) is 10.8 Å². The third-order valence-corrected chi connectivity index (χ3v) is 3.59. The van der Waals surface area contributed by atoms with Crippen molar-refractivity contribution < 1.29 is 9.84 Å². The summed E-state index contributed by atoms with van der Waals surface area (Å²) in [4.78, 5) is 0. The van der Waals surface area contributed by atoms with Crippen molar-refractivity contribution in [1.29, 1.82) is 0 Å². The molecule has 3 aromatic rings. The van der Waals surface area contributed by atoms with Crippen LogP contribution >= 0.6 is 0 Å². The van der Waals surface area contributed by atoms with Crippen molar-refractivity contribution in [3.8, 4) is 5.75 Å². The Bertz CT molecular complexity index is 720. The second-order valence-corrected chi connectivity index (χ2v) is 5.05. The van der Waals surface area contributed by atoms with E-state index in [1.54, 1.807) is 0 Å². The lowest BCUT2D eigenvalue weighted by Crippen LogP contribution is -2.02. The molecule has 0 unspecified atom stereocenters. The molecule has 0 aliphatic carbocycles. The largest absolute Gasteiger partial charge is 0.493 e. The van der Waals surface area contributed by atoms with Crippen LogP contribution in [0.2, 0.25) is 0 Å². The molecule has 0 aliphatic heterocycles. The molecule has 2 nitrogen and oxygen atoms in total. The Morgan fingerprint density at radius 1 is 0.857 bits per heavy atom. The average Bonchev–Trinajstić information content (AvgIpc) is 2.55. The van der Waals surface area contributed by atoms with Crippen LogP contribution in [0.5, 0.6) is 5.75 Å². The Kier molecular flexibility index (Phi) is 4.17. The van der Waals surface area contributed by atoms with Gasteiger partial charge >= 0.3 is 0 Å². The van der Waals surface area contributed by atoms with E-state index >= 15 is 0 Å². The number of hydrogen-bond donors (Lipinski definition) is 1. The molecule has 3 rings (SSSR count). The molecule has 0 saturated carbocycles. The van der Waals surface area contributed by atoms with Gasteiger partial charge in [-0.15, -0.1) is 0 Å².